The van der Waals surface area contributed by atoms with Crippen LogP contribution in [0, 0.1) is 0 Å². The second-order valence-electron chi connectivity index (χ2n) is 4.74. The topological polar surface area (TPSA) is 46.6 Å². The maximum atomic E-state index is 12.0. The number of nitrogens with zero attached hydrogens (tertiary/aromatic N) is 1. The first-order chi connectivity index (χ1) is 9.31. The maximum absolute atomic E-state index is 12.0. The molecule has 1 aliphatic rings. The number of rotatable bonds is 4. The largest absolute Gasteiger partial charge is 0.483 e. The van der Waals surface area contributed by atoms with E-state index >= 15 is 0 Å². The van der Waals surface area contributed by atoms with Gasteiger partial charge in [0.1, 0.15) is 5.75 Å². The lowest BCUT2D eigenvalue weighted by Gasteiger charge is -2.20. The average molecular weight is 261 g/mol. The number of aldehydes is 1. The van der Waals surface area contributed by atoms with E-state index in [1.807, 2.05) is 4.90 Å². The second-order valence-corrected chi connectivity index (χ2v) is 4.74. The van der Waals surface area contributed by atoms with Crippen LogP contribution >= 0.6 is 0 Å². The molecule has 0 spiro atoms. The summed E-state index contributed by atoms with van der Waals surface area (Å²) >= 11 is 0. The van der Waals surface area contributed by atoms with Gasteiger partial charge in [-0.2, -0.15) is 0 Å². The van der Waals surface area contributed by atoms with Gasteiger partial charge in [-0.15, -0.1) is 0 Å². The molecule has 1 aromatic carbocycles. The van der Waals surface area contributed by atoms with E-state index in [1.165, 1.54) is 12.8 Å². The summed E-state index contributed by atoms with van der Waals surface area (Å²) in [6.45, 7) is 1.64. The van der Waals surface area contributed by atoms with Crippen LogP contribution in [0.2, 0.25) is 0 Å². The summed E-state index contributed by atoms with van der Waals surface area (Å²) in [6, 6.07) is 6.95. The predicted octanol–water partition coefficient (Wildman–Crippen LogP) is 2.28. The van der Waals surface area contributed by atoms with Gasteiger partial charge in [0.15, 0.2) is 12.9 Å². The van der Waals surface area contributed by atoms with Crippen molar-refractivity contribution in [3.8, 4) is 5.75 Å². The third-order valence-electron chi connectivity index (χ3n) is 3.36. The molecule has 0 N–H and O–H groups in total. The van der Waals surface area contributed by atoms with Gasteiger partial charge in [-0.1, -0.05) is 25.0 Å². The van der Waals surface area contributed by atoms with E-state index in [-0.39, 0.29) is 12.5 Å². The fraction of sp³-hybridized carbons (Fsp3) is 0.467. The Morgan fingerprint density at radius 3 is 2.53 bits per heavy atom. The molecule has 102 valence electrons. The van der Waals surface area contributed by atoms with Crippen LogP contribution in [0.5, 0.6) is 5.75 Å². The van der Waals surface area contributed by atoms with E-state index in [0.29, 0.717) is 11.3 Å². The highest BCUT2D eigenvalue weighted by molar-refractivity contribution is 5.80. The molecule has 0 unspecified atom stereocenters. The number of benzene rings is 1. The Hall–Kier alpha value is -1.84. The number of carbonyl (C=O) groups is 2. The summed E-state index contributed by atoms with van der Waals surface area (Å²) < 4.78 is 5.46. The van der Waals surface area contributed by atoms with Gasteiger partial charge >= 0.3 is 0 Å². The summed E-state index contributed by atoms with van der Waals surface area (Å²) in [4.78, 5) is 24.7. The van der Waals surface area contributed by atoms with Crippen LogP contribution in [0.25, 0.3) is 0 Å². The van der Waals surface area contributed by atoms with E-state index < -0.39 is 0 Å². The summed E-state index contributed by atoms with van der Waals surface area (Å²) in [5.41, 5.74) is 0.478. The van der Waals surface area contributed by atoms with Crippen LogP contribution in [0.4, 0.5) is 0 Å². The van der Waals surface area contributed by atoms with Crippen molar-refractivity contribution in [1.82, 2.24) is 4.90 Å². The van der Waals surface area contributed by atoms with Crippen LogP contribution in [-0.4, -0.2) is 36.8 Å². The highest BCUT2D eigenvalue weighted by atomic mass is 16.5. The first-order valence-corrected chi connectivity index (χ1v) is 6.76. The molecule has 0 aromatic heterocycles. The quantitative estimate of drug-likeness (QED) is 0.781. The van der Waals surface area contributed by atoms with Gasteiger partial charge in [0.05, 0.1) is 5.56 Å². The van der Waals surface area contributed by atoms with Crippen molar-refractivity contribution >= 4 is 12.2 Å². The minimum absolute atomic E-state index is 0.00241. The summed E-state index contributed by atoms with van der Waals surface area (Å²) in [5.74, 6) is 0.475. The number of likely N-dealkylation sites (tertiary alicyclic amines) is 1. The van der Waals surface area contributed by atoms with Gasteiger partial charge in [0, 0.05) is 13.1 Å². The van der Waals surface area contributed by atoms with Crippen molar-refractivity contribution in [2.75, 3.05) is 19.7 Å². The molecule has 2 rings (SSSR count). The number of para-hydroxylation sites is 1. The molecule has 1 amide bonds. The molecule has 1 aliphatic heterocycles. The maximum Gasteiger partial charge on any atom is 0.260 e. The molecule has 0 aliphatic carbocycles. The zero-order valence-electron chi connectivity index (χ0n) is 11.0. The number of hydrogen-bond acceptors (Lipinski definition) is 3. The molecule has 0 saturated carbocycles. The van der Waals surface area contributed by atoms with E-state index in [0.717, 1.165) is 32.2 Å². The zero-order chi connectivity index (χ0) is 13.5. The molecular formula is C15H19NO3. The summed E-state index contributed by atoms with van der Waals surface area (Å²) in [5, 5.41) is 0. The van der Waals surface area contributed by atoms with Gasteiger partial charge in [0.25, 0.3) is 5.91 Å². The average Bonchev–Trinajstić information content (AvgIpc) is 2.74. The molecule has 1 fully saturated rings. The van der Waals surface area contributed by atoms with Crippen molar-refractivity contribution in [1.29, 1.82) is 0 Å². The molecule has 4 nitrogen and oxygen atoms in total. The highest BCUT2D eigenvalue weighted by Gasteiger charge is 2.16. The molecule has 0 bridgehead atoms. The van der Waals surface area contributed by atoms with E-state index in [1.54, 1.807) is 24.3 Å². The van der Waals surface area contributed by atoms with Gasteiger partial charge in [-0.25, -0.2) is 0 Å². The molecule has 19 heavy (non-hydrogen) atoms. The zero-order valence-corrected chi connectivity index (χ0v) is 11.0. The Balaban J connectivity index is 1.90. The van der Waals surface area contributed by atoms with E-state index in [4.69, 9.17) is 4.74 Å². The standard InChI is InChI=1S/C15H19NO3/c17-11-13-7-3-4-8-14(13)19-12-15(18)16-9-5-1-2-6-10-16/h3-4,7-8,11H,1-2,5-6,9-10,12H2. The fourth-order valence-electron chi connectivity index (χ4n) is 2.26. The molecule has 0 radical (unpaired) electrons. The first-order valence-electron chi connectivity index (χ1n) is 6.76. The molecule has 1 saturated heterocycles. The monoisotopic (exact) mass is 261 g/mol. The van der Waals surface area contributed by atoms with Crippen molar-refractivity contribution in [3.05, 3.63) is 29.8 Å². The van der Waals surface area contributed by atoms with Gasteiger partial charge in [0.2, 0.25) is 0 Å². The predicted molar refractivity (Wildman–Crippen MR) is 72.4 cm³/mol. The Morgan fingerprint density at radius 2 is 1.84 bits per heavy atom. The molecule has 1 aromatic rings. The van der Waals surface area contributed by atoms with Gasteiger partial charge in [-0.3, -0.25) is 9.59 Å². The minimum Gasteiger partial charge on any atom is -0.483 e. The molecular weight excluding hydrogens is 242 g/mol. The lowest BCUT2D eigenvalue weighted by atomic mass is 10.2. The smallest absolute Gasteiger partial charge is 0.260 e. The van der Waals surface area contributed by atoms with Crippen LogP contribution in [-0.2, 0) is 4.79 Å². The molecule has 1 heterocycles. The number of ether oxygens (including phenoxy) is 1. The Kier molecular flexibility index (Phi) is 4.95. The van der Waals surface area contributed by atoms with Crippen molar-refractivity contribution in [2.45, 2.75) is 25.7 Å². The summed E-state index contributed by atoms with van der Waals surface area (Å²) in [6.07, 6.45) is 5.26. The molecule has 0 atom stereocenters. The summed E-state index contributed by atoms with van der Waals surface area (Å²) in [7, 11) is 0. The van der Waals surface area contributed by atoms with E-state index in [9.17, 15) is 9.59 Å². The second kappa shape index (κ2) is 6.92. The van der Waals surface area contributed by atoms with Gasteiger partial charge in [-0.05, 0) is 25.0 Å². The third-order valence-corrected chi connectivity index (χ3v) is 3.36. The minimum atomic E-state index is 0.00241. The number of amides is 1. The fourth-order valence-corrected chi connectivity index (χ4v) is 2.26. The third kappa shape index (κ3) is 3.81. The Bertz CT molecular complexity index is 437. The molecule has 4 heteroatoms. The Labute approximate surface area is 113 Å². The van der Waals surface area contributed by atoms with Crippen LogP contribution in [0.15, 0.2) is 24.3 Å². The Morgan fingerprint density at radius 1 is 1.16 bits per heavy atom. The van der Waals surface area contributed by atoms with Gasteiger partial charge < -0.3 is 9.64 Å². The normalized spacial score (nSPS) is 15.7. The van der Waals surface area contributed by atoms with Crippen LogP contribution < -0.4 is 4.74 Å². The van der Waals surface area contributed by atoms with Crippen LogP contribution in [0.3, 0.4) is 0 Å². The lowest BCUT2D eigenvalue weighted by molar-refractivity contribution is -0.133. The van der Waals surface area contributed by atoms with E-state index in [2.05, 4.69) is 0 Å². The highest BCUT2D eigenvalue weighted by Crippen LogP contribution is 2.16. The lowest BCUT2D eigenvalue weighted by Crippen LogP contribution is -2.35. The van der Waals surface area contributed by atoms with Crippen molar-refractivity contribution in [3.63, 3.8) is 0 Å². The van der Waals surface area contributed by atoms with Crippen molar-refractivity contribution < 1.29 is 14.3 Å². The SMILES string of the molecule is O=Cc1ccccc1OCC(=O)N1CCCCCC1. The van der Waals surface area contributed by atoms with Crippen molar-refractivity contribution in [2.24, 2.45) is 0 Å². The number of hydrogen-bond donors (Lipinski definition) is 0. The van der Waals surface area contributed by atoms with Crippen LogP contribution in [0.1, 0.15) is 36.0 Å². The number of carbonyl (C=O) groups excluding carboxylic acids is 2. The first kappa shape index (κ1) is 13.6.